The Morgan fingerprint density at radius 2 is 2.00 bits per heavy atom. The predicted molar refractivity (Wildman–Crippen MR) is 53.3 cm³/mol. The van der Waals surface area contributed by atoms with Gasteiger partial charge in [-0.3, -0.25) is 4.79 Å². The van der Waals surface area contributed by atoms with Crippen LogP contribution in [0.4, 0.5) is 0 Å². The van der Waals surface area contributed by atoms with E-state index in [0.29, 0.717) is 0 Å². The smallest absolute Gasteiger partial charge is 0.312 e. The molecule has 3 nitrogen and oxygen atoms in total. The van der Waals surface area contributed by atoms with Crippen molar-refractivity contribution >= 4 is 28.6 Å². The van der Waals surface area contributed by atoms with Crippen LogP contribution in [0.3, 0.4) is 0 Å². The molecule has 1 heterocycles. The van der Waals surface area contributed by atoms with Crippen LogP contribution in [0.1, 0.15) is 13.8 Å². The Morgan fingerprint density at radius 1 is 1.42 bits per heavy atom. The molecule has 0 spiro atoms. The first-order valence-electron chi connectivity index (χ1n) is 3.95. The van der Waals surface area contributed by atoms with E-state index in [0.717, 1.165) is 0 Å². The minimum Gasteiger partial charge on any atom is -0.469 e. The highest BCUT2D eigenvalue weighted by Crippen LogP contribution is 2.33. The van der Waals surface area contributed by atoms with Crippen molar-refractivity contribution in [3.63, 3.8) is 0 Å². The molecule has 0 radical (unpaired) electrons. The van der Waals surface area contributed by atoms with Gasteiger partial charge < -0.3 is 9.47 Å². The number of esters is 1. The van der Waals surface area contributed by atoms with E-state index < -0.39 is 0 Å². The summed E-state index contributed by atoms with van der Waals surface area (Å²) in [5.41, 5.74) is 0. The van der Waals surface area contributed by atoms with Gasteiger partial charge in [-0.2, -0.15) is 0 Å². The molecule has 1 aliphatic heterocycles. The van der Waals surface area contributed by atoms with Crippen LogP contribution in [0.25, 0.3) is 0 Å². The second-order valence-corrected chi connectivity index (χ2v) is 4.48. The van der Waals surface area contributed by atoms with Gasteiger partial charge >= 0.3 is 5.97 Å². The molecule has 1 aliphatic rings. The Balaban J connectivity index is 2.69. The van der Waals surface area contributed by atoms with Gasteiger partial charge in [0.15, 0.2) is 0 Å². The van der Waals surface area contributed by atoms with E-state index >= 15 is 0 Å². The molecule has 70 valence electrons. The molecule has 0 N–H and O–H groups in total. The summed E-state index contributed by atoms with van der Waals surface area (Å²) in [4.78, 5) is 11.3. The molecule has 4 atom stereocenters. The summed E-state index contributed by atoms with van der Waals surface area (Å²) in [5.74, 6) is -0.267. The zero-order valence-electron chi connectivity index (χ0n) is 7.41. The standard InChI is InChI=1S/C8H13IO3/c1-4-6(8(10)11-3)7(9)5(2)12-4/h4-7H,1-3H3/t4-,5+,6+,7-/m0/s1. The first kappa shape index (κ1) is 10.2. The average Bonchev–Trinajstić information content (AvgIpc) is 2.26. The lowest BCUT2D eigenvalue weighted by Crippen LogP contribution is -2.29. The summed E-state index contributed by atoms with van der Waals surface area (Å²) in [6, 6.07) is 0. The second-order valence-electron chi connectivity index (χ2n) is 3.04. The van der Waals surface area contributed by atoms with Crippen LogP contribution in [-0.2, 0) is 14.3 Å². The Bertz CT molecular complexity index is 183. The van der Waals surface area contributed by atoms with Crippen LogP contribution in [0.15, 0.2) is 0 Å². The molecule has 0 aromatic heterocycles. The van der Waals surface area contributed by atoms with Crippen molar-refractivity contribution in [2.45, 2.75) is 30.0 Å². The zero-order chi connectivity index (χ0) is 9.30. The van der Waals surface area contributed by atoms with Crippen LogP contribution < -0.4 is 0 Å². The molecule has 0 aromatic carbocycles. The molecule has 0 unspecified atom stereocenters. The zero-order valence-corrected chi connectivity index (χ0v) is 9.57. The molecule has 4 heteroatoms. The third kappa shape index (κ3) is 1.74. The molecule has 12 heavy (non-hydrogen) atoms. The SMILES string of the molecule is COC(=O)[C@H]1[C@@H](I)[C@@H](C)O[C@H]1C. The Labute approximate surface area is 85.9 Å². The molecular weight excluding hydrogens is 271 g/mol. The van der Waals surface area contributed by atoms with Crippen molar-refractivity contribution in [3.8, 4) is 0 Å². The fourth-order valence-corrected chi connectivity index (χ4v) is 2.55. The minimum absolute atomic E-state index is 0.0191. The molecule has 0 aliphatic carbocycles. The Kier molecular flexibility index (Phi) is 3.34. The van der Waals surface area contributed by atoms with Crippen LogP contribution in [0.2, 0.25) is 0 Å². The van der Waals surface area contributed by atoms with Crippen molar-refractivity contribution in [1.82, 2.24) is 0 Å². The number of alkyl halides is 1. The van der Waals surface area contributed by atoms with Crippen molar-refractivity contribution in [3.05, 3.63) is 0 Å². The van der Waals surface area contributed by atoms with Gasteiger partial charge in [0, 0.05) is 0 Å². The fraction of sp³-hybridized carbons (Fsp3) is 0.875. The largest absolute Gasteiger partial charge is 0.469 e. The number of halogens is 1. The quantitative estimate of drug-likeness (QED) is 0.414. The summed E-state index contributed by atoms with van der Waals surface area (Å²) in [6.45, 7) is 3.90. The van der Waals surface area contributed by atoms with Gasteiger partial charge in [0.2, 0.25) is 0 Å². The highest BCUT2D eigenvalue weighted by Gasteiger charge is 2.43. The van der Waals surface area contributed by atoms with Gasteiger partial charge in [-0.05, 0) is 13.8 Å². The molecule has 0 amide bonds. The molecule has 1 rings (SSSR count). The van der Waals surface area contributed by atoms with E-state index in [2.05, 4.69) is 22.6 Å². The topological polar surface area (TPSA) is 35.5 Å². The lowest BCUT2D eigenvalue weighted by Gasteiger charge is -2.13. The van der Waals surface area contributed by atoms with Crippen molar-refractivity contribution in [2.75, 3.05) is 7.11 Å². The molecule has 0 bridgehead atoms. The van der Waals surface area contributed by atoms with Crippen molar-refractivity contribution in [1.29, 1.82) is 0 Å². The molecule has 1 saturated heterocycles. The van der Waals surface area contributed by atoms with Gasteiger partial charge in [0.25, 0.3) is 0 Å². The lowest BCUT2D eigenvalue weighted by atomic mass is 10.0. The fourth-order valence-electron chi connectivity index (χ4n) is 1.51. The summed E-state index contributed by atoms with van der Waals surface area (Å²) < 4.78 is 10.4. The van der Waals surface area contributed by atoms with E-state index in [4.69, 9.17) is 9.47 Å². The van der Waals surface area contributed by atoms with E-state index in [1.54, 1.807) is 0 Å². The van der Waals surface area contributed by atoms with Crippen LogP contribution >= 0.6 is 22.6 Å². The van der Waals surface area contributed by atoms with Gasteiger partial charge in [-0.15, -0.1) is 0 Å². The normalized spacial score (nSPS) is 41.3. The number of methoxy groups -OCH3 is 1. The maximum absolute atomic E-state index is 11.3. The van der Waals surface area contributed by atoms with Gasteiger partial charge in [0.1, 0.15) is 0 Å². The molecule has 0 aromatic rings. The number of hydrogen-bond acceptors (Lipinski definition) is 3. The average molecular weight is 284 g/mol. The third-order valence-electron chi connectivity index (χ3n) is 2.20. The maximum atomic E-state index is 11.3. The van der Waals surface area contributed by atoms with Crippen LogP contribution in [0, 0.1) is 5.92 Å². The molecule has 1 fully saturated rings. The highest BCUT2D eigenvalue weighted by molar-refractivity contribution is 14.1. The van der Waals surface area contributed by atoms with E-state index in [9.17, 15) is 4.79 Å². The van der Waals surface area contributed by atoms with E-state index in [1.807, 2.05) is 13.8 Å². The first-order chi connectivity index (χ1) is 5.57. The van der Waals surface area contributed by atoms with Gasteiger partial charge in [-0.1, -0.05) is 22.6 Å². The Morgan fingerprint density at radius 3 is 2.33 bits per heavy atom. The minimum atomic E-state index is -0.161. The monoisotopic (exact) mass is 284 g/mol. The lowest BCUT2D eigenvalue weighted by molar-refractivity contribution is -0.146. The number of carbonyl (C=O) groups is 1. The van der Waals surface area contributed by atoms with Gasteiger partial charge in [-0.25, -0.2) is 0 Å². The van der Waals surface area contributed by atoms with Crippen molar-refractivity contribution < 1.29 is 14.3 Å². The summed E-state index contributed by atoms with van der Waals surface area (Å²) in [6.07, 6.45) is 0.124. The first-order valence-corrected chi connectivity index (χ1v) is 5.20. The number of rotatable bonds is 1. The molecule has 0 saturated carbocycles. The van der Waals surface area contributed by atoms with Gasteiger partial charge in [0.05, 0.1) is 29.2 Å². The predicted octanol–water partition coefficient (Wildman–Crippen LogP) is 1.39. The number of carbonyl (C=O) groups excluding carboxylic acids is 1. The molecular formula is C8H13IO3. The summed E-state index contributed by atoms with van der Waals surface area (Å²) in [7, 11) is 1.42. The number of ether oxygens (including phenoxy) is 2. The van der Waals surface area contributed by atoms with E-state index in [-0.39, 0.29) is 28.0 Å². The second kappa shape index (κ2) is 3.91. The van der Waals surface area contributed by atoms with Crippen LogP contribution in [-0.4, -0.2) is 29.2 Å². The number of hydrogen-bond donors (Lipinski definition) is 0. The highest BCUT2D eigenvalue weighted by atomic mass is 127. The Hall–Kier alpha value is 0.160. The summed E-state index contributed by atoms with van der Waals surface area (Å²) >= 11 is 2.25. The third-order valence-corrected chi connectivity index (χ3v) is 3.99. The van der Waals surface area contributed by atoms with E-state index in [1.165, 1.54) is 7.11 Å². The summed E-state index contributed by atoms with van der Waals surface area (Å²) in [5, 5.41) is 0. The van der Waals surface area contributed by atoms with Crippen LogP contribution in [0.5, 0.6) is 0 Å². The van der Waals surface area contributed by atoms with Crippen molar-refractivity contribution in [2.24, 2.45) is 5.92 Å². The maximum Gasteiger partial charge on any atom is 0.312 e.